The average Bonchev–Trinajstić information content (AvgIpc) is 2.88. The van der Waals surface area contributed by atoms with Crippen molar-refractivity contribution in [3.63, 3.8) is 0 Å². The van der Waals surface area contributed by atoms with E-state index in [1.807, 2.05) is 25.3 Å². The van der Waals surface area contributed by atoms with Crippen LogP contribution in [0.4, 0.5) is 0 Å². The molecular formula is C14H23ClN2O2S. The Balaban J connectivity index is 0.00000361. The largest absolute Gasteiger partial charge is 0.345 e. The zero-order chi connectivity index (χ0) is 14.5. The summed E-state index contributed by atoms with van der Waals surface area (Å²) < 4.78 is 0. The summed E-state index contributed by atoms with van der Waals surface area (Å²) in [7, 11) is 1.76. The molecular weight excluding hydrogens is 296 g/mol. The monoisotopic (exact) mass is 318 g/mol. The van der Waals surface area contributed by atoms with Crippen molar-refractivity contribution in [1.29, 1.82) is 0 Å². The minimum Gasteiger partial charge on any atom is -0.345 e. The Hall–Kier alpha value is -0.910. The molecule has 0 atom stereocenters. The molecule has 0 aliphatic rings. The third kappa shape index (κ3) is 6.03. The summed E-state index contributed by atoms with van der Waals surface area (Å²) in [6, 6.07) is 3.63. The second-order valence-electron chi connectivity index (χ2n) is 5.52. The fourth-order valence-corrected chi connectivity index (χ4v) is 2.46. The predicted octanol–water partition coefficient (Wildman–Crippen LogP) is 2.58. The zero-order valence-corrected chi connectivity index (χ0v) is 13.9. The molecule has 0 spiro atoms. The number of halogens is 1. The van der Waals surface area contributed by atoms with Crippen molar-refractivity contribution in [2.24, 2.45) is 11.1 Å². The maximum Gasteiger partial charge on any atom is 0.222 e. The maximum atomic E-state index is 11.9. The minimum absolute atomic E-state index is 0. The molecule has 1 aromatic heterocycles. The van der Waals surface area contributed by atoms with Gasteiger partial charge >= 0.3 is 0 Å². The highest BCUT2D eigenvalue weighted by molar-refractivity contribution is 7.12. The Bertz CT molecular complexity index is 432. The number of nitrogens with two attached hydrogens (primary N) is 1. The fourth-order valence-electron chi connectivity index (χ4n) is 1.77. The van der Waals surface area contributed by atoms with Crippen LogP contribution in [-0.2, 0) is 4.79 Å². The van der Waals surface area contributed by atoms with Crippen molar-refractivity contribution < 1.29 is 9.59 Å². The average molecular weight is 319 g/mol. The minimum atomic E-state index is -0.0951. The van der Waals surface area contributed by atoms with E-state index in [0.717, 1.165) is 4.88 Å². The number of hydrogen-bond acceptors (Lipinski definition) is 4. The fraction of sp³-hybridized carbons (Fsp3) is 0.571. The SMILES string of the molecule is CN(CC(C)(C)CN)C(=O)CCC(=O)c1cccs1.Cl. The summed E-state index contributed by atoms with van der Waals surface area (Å²) in [6.07, 6.45) is 0.528. The highest BCUT2D eigenvalue weighted by Gasteiger charge is 2.21. The molecule has 1 amide bonds. The van der Waals surface area contributed by atoms with E-state index in [9.17, 15) is 9.59 Å². The van der Waals surface area contributed by atoms with Crippen LogP contribution in [0.5, 0.6) is 0 Å². The lowest BCUT2D eigenvalue weighted by Crippen LogP contribution is -2.39. The summed E-state index contributed by atoms with van der Waals surface area (Å²) in [4.78, 5) is 26.1. The third-order valence-electron chi connectivity index (χ3n) is 3.01. The van der Waals surface area contributed by atoms with Crippen LogP contribution in [0.2, 0.25) is 0 Å². The molecule has 0 saturated carbocycles. The van der Waals surface area contributed by atoms with E-state index < -0.39 is 0 Å². The van der Waals surface area contributed by atoms with Gasteiger partial charge in [0.1, 0.15) is 0 Å². The first-order valence-electron chi connectivity index (χ1n) is 6.36. The Labute approximate surface area is 130 Å². The number of carbonyl (C=O) groups excluding carboxylic acids is 2. The molecule has 4 nitrogen and oxygen atoms in total. The van der Waals surface area contributed by atoms with Crippen molar-refractivity contribution in [3.05, 3.63) is 22.4 Å². The van der Waals surface area contributed by atoms with Crippen LogP contribution in [0.3, 0.4) is 0 Å². The second kappa shape index (κ2) is 8.39. The van der Waals surface area contributed by atoms with Gasteiger partial charge < -0.3 is 10.6 Å². The summed E-state index contributed by atoms with van der Waals surface area (Å²) in [5, 5.41) is 1.87. The number of nitrogens with zero attached hydrogens (tertiary/aromatic N) is 1. The van der Waals surface area contributed by atoms with E-state index in [0.29, 0.717) is 13.1 Å². The highest BCUT2D eigenvalue weighted by Crippen LogP contribution is 2.16. The van der Waals surface area contributed by atoms with Crippen molar-refractivity contribution in [1.82, 2.24) is 4.90 Å². The molecule has 0 aliphatic heterocycles. The second-order valence-corrected chi connectivity index (χ2v) is 6.47. The van der Waals surface area contributed by atoms with Crippen LogP contribution in [0, 0.1) is 5.41 Å². The van der Waals surface area contributed by atoms with Gasteiger partial charge in [-0.25, -0.2) is 0 Å². The van der Waals surface area contributed by atoms with Crippen molar-refractivity contribution in [3.8, 4) is 0 Å². The molecule has 1 rings (SSSR count). The normalized spacial score (nSPS) is 10.8. The van der Waals surface area contributed by atoms with E-state index in [1.54, 1.807) is 18.0 Å². The van der Waals surface area contributed by atoms with Gasteiger partial charge in [-0.2, -0.15) is 0 Å². The lowest BCUT2D eigenvalue weighted by atomic mass is 9.93. The van der Waals surface area contributed by atoms with E-state index in [1.165, 1.54) is 11.3 Å². The number of hydrogen-bond donors (Lipinski definition) is 1. The van der Waals surface area contributed by atoms with Gasteiger partial charge in [0.2, 0.25) is 5.91 Å². The number of thiophene rings is 1. The molecule has 0 aromatic carbocycles. The number of carbonyl (C=O) groups is 2. The zero-order valence-electron chi connectivity index (χ0n) is 12.2. The van der Waals surface area contributed by atoms with Crippen molar-refractivity contribution in [2.75, 3.05) is 20.1 Å². The van der Waals surface area contributed by atoms with Gasteiger partial charge in [-0.05, 0) is 23.4 Å². The Kier molecular flexibility index (Phi) is 8.01. The molecule has 0 unspecified atom stereocenters. The first kappa shape index (κ1) is 19.1. The molecule has 0 fully saturated rings. The van der Waals surface area contributed by atoms with Crippen molar-refractivity contribution >= 4 is 35.4 Å². The third-order valence-corrected chi connectivity index (χ3v) is 3.92. The van der Waals surface area contributed by atoms with E-state index in [4.69, 9.17) is 5.73 Å². The first-order valence-corrected chi connectivity index (χ1v) is 7.24. The first-order chi connectivity index (χ1) is 8.85. The number of rotatable bonds is 7. The molecule has 20 heavy (non-hydrogen) atoms. The van der Waals surface area contributed by atoms with Crippen molar-refractivity contribution in [2.45, 2.75) is 26.7 Å². The molecule has 114 valence electrons. The van der Waals surface area contributed by atoms with E-state index in [2.05, 4.69) is 0 Å². The van der Waals surface area contributed by atoms with Crippen LogP contribution < -0.4 is 5.73 Å². The summed E-state index contributed by atoms with van der Waals surface area (Å²) in [5.41, 5.74) is 5.56. The van der Waals surface area contributed by atoms with Crippen LogP contribution in [-0.4, -0.2) is 36.7 Å². The quantitative estimate of drug-likeness (QED) is 0.786. The summed E-state index contributed by atoms with van der Waals surface area (Å²) in [5.74, 6) is 0.0290. The smallest absolute Gasteiger partial charge is 0.222 e. The molecule has 0 aliphatic carbocycles. The van der Waals surface area contributed by atoms with Crippen LogP contribution in [0.1, 0.15) is 36.4 Å². The Morgan fingerprint density at radius 2 is 2.00 bits per heavy atom. The molecule has 6 heteroatoms. The van der Waals surface area contributed by atoms with Gasteiger partial charge in [-0.1, -0.05) is 19.9 Å². The van der Waals surface area contributed by atoms with Gasteiger partial charge in [0.15, 0.2) is 5.78 Å². The van der Waals surface area contributed by atoms with Gasteiger partial charge in [-0.15, -0.1) is 23.7 Å². The molecule has 1 heterocycles. The number of ketones is 1. The lowest BCUT2D eigenvalue weighted by molar-refractivity contribution is -0.131. The van der Waals surface area contributed by atoms with Crippen LogP contribution in [0.15, 0.2) is 17.5 Å². The summed E-state index contributed by atoms with van der Waals surface area (Å²) in [6.45, 7) is 5.18. The highest BCUT2D eigenvalue weighted by atomic mass is 35.5. The van der Waals surface area contributed by atoms with Gasteiger partial charge in [0, 0.05) is 26.4 Å². The number of amides is 1. The van der Waals surface area contributed by atoms with Crippen LogP contribution >= 0.6 is 23.7 Å². The van der Waals surface area contributed by atoms with Crippen LogP contribution in [0.25, 0.3) is 0 Å². The lowest BCUT2D eigenvalue weighted by Gasteiger charge is -2.29. The Morgan fingerprint density at radius 3 is 2.50 bits per heavy atom. The predicted molar refractivity (Wildman–Crippen MR) is 85.6 cm³/mol. The number of Topliss-reactive ketones (excluding diaryl/α,β-unsaturated/α-hetero) is 1. The van der Waals surface area contributed by atoms with Gasteiger partial charge in [0.05, 0.1) is 4.88 Å². The van der Waals surface area contributed by atoms with Gasteiger partial charge in [0.25, 0.3) is 0 Å². The molecule has 0 saturated heterocycles. The standard InChI is InChI=1S/C14H22N2O2S.ClH/c1-14(2,9-15)10-16(3)13(18)7-6-11(17)12-5-4-8-19-12;/h4-5,8H,6-7,9-10,15H2,1-3H3;1H. The topological polar surface area (TPSA) is 63.4 Å². The molecule has 0 radical (unpaired) electrons. The molecule has 1 aromatic rings. The Morgan fingerprint density at radius 1 is 1.35 bits per heavy atom. The summed E-state index contributed by atoms with van der Waals surface area (Å²) >= 11 is 1.41. The maximum absolute atomic E-state index is 11.9. The molecule has 2 N–H and O–H groups in total. The van der Waals surface area contributed by atoms with E-state index >= 15 is 0 Å². The molecule has 0 bridgehead atoms. The van der Waals surface area contributed by atoms with Gasteiger partial charge in [-0.3, -0.25) is 9.59 Å². The van der Waals surface area contributed by atoms with E-state index in [-0.39, 0.29) is 42.4 Å².